The number of benzene rings is 1. The number of amides is 3. The Balaban J connectivity index is 1.84. The number of carbonyl (C=O) groups is 3. The van der Waals surface area contributed by atoms with Crippen LogP contribution in [0.3, 0.4) is 0 Å². The predicted octanol–water partition coefficient (Wildman–Crippen LogP) is 1.27. The second-order valence-electron chi connectivity index (χ2n) is 6.36. The molecule has 0 radical (unpaired) electrons. The second-order valence-corrected chi connectivity index (χ2v) is 6.36. The zero-order valence-corrected chi connectivity index (χ0v) is 15.4. The first kappa shape index (κ1) is 20.1. The van der Waals surface area contributed by atoms with Crippen LogP contribution in [0.2, 0.25) is 0 Å². The van der Waals surface area contributed by atoms with E-state index in [9.17, 15) is 14.4 Å². The molecule has 0 saturated carbocycles. The largest absolute Gasteiger partial charge is 0.361 e. The highest BCUT2D eigenvalue weighted by Gasteiger charge is 2.17. The van der Waals surface area contributed by atoms with Crippen molar-refractivity contribution in [3.05, 3.63) is 41.8 Å². The molecule has 27 heavy (non-hydrogen) atoms. The maximum Gasteiger partial charge on any atom is 0.260 e. The molecule has 1 atom stereocenters. The Hall–Kier alpha value is -3.20. The Kier molecular flexibility index (Phi) is 6.67. The summed E-state index contributed by atoms with van der Waals surface area (Å²) in [5.41, 5.74) is 7.14. The van der Waals surface area contributed by atoms with Gasteiger partial charge in [0, 0.05) is 11.4 Å². The normalized spacial score (nSPS) is 11.7. The summed E-state index contributed by atoms with van der Waals surface area (Å²) in [6, 6.07) is 5.90. The van der Waals surface area contributed by atoms with Gasteiger partial charge >= 0.3 is 0 Å². The topological polar surface area (TPSA) is 139 Å². The number of nitrogens with zero attached hydrogens (tertiary/aromatic N) is 1. The van der Waals surface area contributed by atoms with Gasteiger partial charge in [-0.25, -0.2) is 0 Å². The molecule has 2 rings (SSSR count). The number of hydrogen-bond acceptors (Lipinski definition) is 6. The number of carbonyl (C=O) groups excluding carboxylic acids is 3. The molecule has 144 valence electrons. The van der Waals surface area contributed by atoms with Gasteiger partial charge in [-0.3, -0.25) is 14.4 Å². The van der Waals surface area contributed by atoms with E-state index in [1.54, 1.807) is 31.2 Å². The fourth-order valence-electron chi connectivity index (χ4n) is 2.15. The number of hydrogen-bond donors (Lipinski definition) is 4. The van der Waals surface area contributed by atoms with Crippen molar-refractivity contribution >= 4 is 29.1 Å². The molecule has 2 aromatic rings. The maximum absolute atomic E-state index is 12.1. The van der Waals surface area contributed by atoms with Crippen LogP contribution < -0.4 is 21.7 Å². The molecule has 0 aliphatic carbocycles. The van der Waals surface area contributed by atoms with E-state index in [0.29, 0.717) is 22.7 Å². The van der Waals surface area contributed by atoms with Gasteiger partial charge in [-0.2, -0.15) is 0 Å². The van der Waals surface area contributed by atoms with E-state index in [1.165, 1.54) is 6.20 Å². The van der Waals surface area contributed by atoms with Crippen molar-refractivity contribution in [2.75, 3.05) is 17.2 Å². The molecule has 9 heteroatoms. The maximum atomic E-state index is 12.1. The van der Waals surface area contributed by atoms with Gasteiger partial charge in [0.15, 0.2) is 0 Å². The Bertz CT molecular complexity index is 813. The molecule has 0 fully saturated rings. The molecule has 1 heterocycles. The van der Waals surface area contributed by atoms with Crippen molar-refractivity contribution in [2.45, 2.75) is 26.8 Å². The predicted molar refractivity (Wildman–Crippen MR) is 100 cm³/mol. The van der Waals surface area contributed by atoms with Crippen molar-refractivity contribution in [2.24, 2.45) is 11.7 Å². The highest BCUT2D eigenvalue weighted by molar-refractivity contribution is 6.04. The molecule has 1 aromatic carbocycles. The molecular weight excluding hydrogens is 350 g/mol. The molecule has 0 aliphatic heterocycles. The monoisotopic (exact) mass is 373 g/mol. The van der Waals surface area contributed by atoms with E-state index in [2.05, 4.69) is 21.1 Å². The van der Waals surface area contributed by atoms with E-state index in [-0.39, 0.29) is 30.2 Å². The summed E-state index contributed by atoms with van der Waals surface area (Å²) in [6.07, 6.45) is 1.35. The number of aryl methyl sites for hydroxylation is 1. The van der Waals surface area contributed by atoms with Gasteiger partial charge in [-0.05, 0) is 37.1 Å². The Morgan fingerprint density at radius 3 is 2.22 bits per heavy atom. The summed E-state index contributed by atoms with van der Waals surface area (Å²) in [5, 5.41) is 11.4. The van der Waals surface area contributed by atoms with Gasteiger partial charge in [0.2, 0.25) is 11.8 Å². The molecule has 3 amide bonds. The molecule has 1 aromatic heterocycles. The van der Waals surface area contributed by atoms with E-state index in [4.69, 9.17) is 10.3 Å². The molecule has 9 nitrogen and oxygen atoms in total. The van der Waals surface area contributed by atoms with Gasteiger partial charge in [-0.1, -0.05) is 19.0 Å². The van der Waals surface area contributed by atoms with Crippen LogP contribution in [0, 0.1) is 12.8 Å². The van der Waals surface area contributed by atoms with Crippen molar-refractivity contribution in [1.82, 2.24) is 10.5 Å². The van der Waals surface area contributed by atoms with Gasteiger partial charge < -0.3 is 26.2 Å². The zero-order chi connectivity index (χ0) is 20.0. The quantitative estimate of drug-likeness (QED) is 0.576. The minimum Gasteiger partial charge on any atom is -0.361 e. The number of aromatic nitrogens is 1. The van der Waals surface area contributed by atoms with Crippen LogP contribution in [0.1, 0.15) is 30.0 Å². The van der Waals surface area contributed by atoms with Gasteiger partial charge in [0.25, 0.3) is 5.91 Å². The minimum atomic E-state index is -0.658. The first-order valence-electron chi connectivity index (χ1n) is 8.43. The van der Waals surface area contributed by atoms with Crippen LogP contribution in [0.4, 0.5) is 11.4 Å². The molecular formula is C18H23N5O4. The third-order valence-corrected chi connectivity index (χ3v) is 3.87. The lowest BCUT2D eigenvalue weighted by molar-refractivity contribution is -0.125. The lowest BCUT2D eigenvalue weighted by Gasteiger charge is -2.15. The van der Waals surface area contributed by atoms with Gasteiger partial charge in [0.05, 0.1) is 18.8 Å². The summed E-state index contributed by atoms with van der Waals surface area (Å²) >= 11 is 0. The van der Waals surface area contributed by atoms with Crippen molar-refractivity contribution in [1.29, 1.82) is 0 Å². The molecule has 0 aliphatic rings. The van der Waals surface area contributed by atoms with Gasteiger partial charge in [0.1, 0.15) is 11.3 Å². The summed E-state index contributed by atoms with van der Waals surface area (Å²) in [4.78, 5) is 35.7. The van der Waals surface area contributed by atoms with Crippen molar-refractivity contribution in [3.8, 4) is 0 Å². The van der Waals surface area contributed by atoms with Crippen LogP contribution in [0.5, 0.6) is 0 Å². The minimum absolute atomic E-state index is 0.0163. The van der Waals surface area contributed by atoms with Crippen LogP contribution in [0.25, 0.3) is 0 Å². The molecule has 0 spiro atoms. The number of nitrogens with one attached hydrogen (secondary N) is 3. The summed E-state index contributed by atoms with van der Waals surface area (Å²) in [7, 11) is 0. The zero-order valence-electron chi connectivity index (χ0n) is 15.4. The highest BCUT2D eigenvalue weighted by atomic mass is 16.5. The summed E-state index contributed by atoms with van der Waals surface area (Å²) < 4.78 is 4.86. The third-order valence-electron chi connectivity index (χ3n) is 3.87. The Labute approximate surface area is 156 Å². The Morgan fingerprint density at radius 2 is 1.70 bits per heavy atom. The van der Waals surface area contributed by atoms with Crippen LogP contribution in [-0.2, 0) is 9.59 Å². The number of rotatable bonds is 7. The van der Waals surface area contributed by atoms with E-state index in [1.807, 2.05) is 13.8 Å². The van der Waals surface area contributed by atoms with Crippen molar-refractivity contribution in [3.63, 3.8) is 0 Å². The highest BCUT2D eigenvalue weighted by Crippen LogP contribution is 2.15. The van der Waals surface area contributed by atoms with Gasteiger partial charge in [-0.15, -0.1) is 0 Å². The summed E-state index contributed by atoms with van der Waals surface area (Å²) in [5.74, 6) is -0.679. The van der Waals surface area contributed by atoms with E-state index in [0.717, 1.165) is 0 Å². The molecule has 5 N–H and O–H groups in total. The summed E-state index contributed by atoms with van der Waals surface area (Å²) in [6.45, 7) is 5.13. The second kappa shape index (κ2) is 8.95. The van der Waals surface area contributed by atoms with Crippen LogP contribution >= 0.6 is 0 Å². The average Bonchev–Trinajstić information content (AvgIpc) is 3.06. The van der Waals surface area contributed by atoms with Crippen LogP contribution in [0.15, 0.2) is 35.0 Å². The smallest absolute Gasteiger partial charge is 0.260 e. The standard InChI is InChI=1S/C18H23N5O4/c1-10(2)16(19)18(26)20-9-15(24)22-12-4-6-13(7-5-12)23-17(25)14-8-21-27-11(14)3/h4-8,10,16H,9,19H2,1-3H3,(H,20,26)(H,22,24)(H,23,25)/t16-/m0/s1. The fourth-order valence-corrected chi connectivity index (χ4v) is 2.15. The lowest BCUT2D eigenvalue weighted by Crippen LogP contribution is -2.46. The third kappa shape index (κ3) is 5.65. The average molecular weight is 373 g/mol. The van der Waals surface area contributed by atoms with E-state index < -0.39 is 6.04 Å². The lowest BCUT2D eigenvalue weighted by atomic mass is 10.1. The number of nitrogens with two attached hydrogens (primary N) is 1. The number of anilines is 2. The SMILES string of the molecule is Cc1oncc1C(=O)Nc1ccc(NC(=O)CNC(=O)[C@@H](N)C(C)C)cc1. The van der Waals surface area contributed by atoms with Crippen LogP contribution in [-0.4, -0.2) is 35.5 Å². The Morgan fingerprint density at radius 1 is 1.11 bits per heavy atom. The first-order chi connectivity index (χ1) is 12.8. The first-order valence-corrected chi connectivity index (χ1v) is 8.43. The molecule has 0 bridgehead atoms. The van der Waals surface area contributed by atoms with Crippen molar-refractivity contribution < 1.29 is 18.9 Å². The molecule has 0 saturated heterocycles. The van der Waals surface area contributed by atoms with E-state index >= 15 is 0 Å². The molecule has 0 unspecified atom stereocenters. The fraction of sp³-hybridized carbons (Fsp3) is 0.333.